The molecule has 0 radical (unpaired) electrons. The first-order chi connectivity index (χ1) is 7.59. The Bertz CT molecular complexity index is 373. The van der Waals surface area contributed by atoms with Gasteiger partial charge >= 0.3 is 0 Å². The summed E-state index contributed by atoms with van der Waals surface area (Å²) in [5.41, 5.74) is 0.710. The van der Waals surface area contributed by atoms with E-state index in [0.29, 0.717) is 11.5 Å². The fourth-order valence-corrected chi connectivity index (χ4v) is 2.15. The van der Waals surface area contributed by atoms with E-state index in [1.54, 1.807) is 6.07 Å². The minimum Gasteiger partial charge on any atom is -0.490 e. The summed E-state index contributed by atoms with van der Waals surface area (Å²) in [5, 5.41) is 0. The molecule has 88 valence electrons. The molecule has 0 spiro atoms. The molecule has 1 aliphatic rings. The molecule has 16 heavy (non-hydrogen) atoms. The second-order valence-corrected chi connectivity index (χ2v) is 5.02. The first-order valence-corrected chi connectivity index (χ1v) is 6.04. The predicted octanol–water partition coefficient (Wildman–Crippen LogP) is 4.13. The number of halogens is 1. The van der Waals surface area contributed by atoms with Gasteiger partial charge in [-0.15, -0.1) is 0 Å². The van der Waals surface area contributed by atoms with Crippen molar-refractivity contribution in [3.05, 3.63) is 29.6 Å². The smallest absolute Gasteiger partial charge is 0.130 e. The fourth-order valence-electron chi connectivity index (χ4n) is 2.15. The lowest BCUT2D eigenvalue weighted by Crippen LogP contribution is -2.34. The first kappa shape index (κ1) is 11.4. The molecule has 0 aromatic heterocycles. The van der Waals surface area contributed by atoms with Gasteiger partial charge < -0.3 is 4.74 Å². The standard InChI is InChI=1S/C14H19FO/c1-9(2)14-11(15)5-4-6-13(14)16-12-8-7-10(12)3/h4-6,9-10,12H,7-8H2,1-3H3/t10-,12-/m1/s1. The van der Waals surface area contributed by atoms with Crippen molar-refractivity contribution in [2.75, 3.05) is 0 Å². The van der Waals surface area contributed by atoms with Gasteiger partial charge in [0.25, 0.3) is 0 Å². The van der Waals surface area contributed by atoms with E-state index in [2.05, 4.69) is 6.92 Å². The summed E-state index contributed by atoms with van der Waals surface area (Å²) in [6, 6.07) is 5.11. The van der Waals surface area contributed by atoms with Crippen molar-refractivity contribution >= 4 is 0 Å². The van der Waals surface area contributed by atoms with Crippen molar-refractivity contribution < 1.29 is 9.13 Å². The summed E-state index contributed by atoms with van der Waals surface area (Å²) in [5.74, 6) is 1.33. The van der Waals surface area contributed by atoms with Gasteiger partial charge in [0.2, 0.25) is 0 Å². The van der Waals surface area contributed by atoms with Crippen molar-refractivity contribution in [3.8, 4) is 5.75 Å². The molecule has 1 aromatic rings. The number of ether oxygens (including phenoxy) is 1. The zero-order valence-electron chi connectivity index (χ0n) is 10.2. The first-order valence-electron chi connectivity index (χ1n) is 6.04. The van der Waals surface area contributed by atoms with Gasteiger partial charge in [-0.05, 0) is 36.8 Å². The van der Waals surface area contributed by atoms with Gasteiger partial charge in [-0.3, -0.25) is 0 Å². The Morgan fingerprint density at radius 2 is 2.06 bits per heavy atom. The molecular weight excluding hydrogens is 203 g/mol. The molecule has 1 aliphatic carbocycles. The maximum absolute atomic E-state index is 13.7. The molecule has 2 rings (SSSR count). The minimum atomic E-state index is -0.153. The molecule has 1 saturated carbocycles. The van der Waals surface area contributed by atoms with Crippen molar-refractivity contribution in [1.82, 2.24) is 0 Å². The number of hydrogen-bond donors (Lipinski definition) is 0. The Morgan fingerprint density at radius 1 is 1.31 bits per heavy atom. The molecular formula is C14H19FO. The van der Waals surface area contributed by atoms with Crippen LogP contribution < -0.4 is 4.74 Å². The lowest BCUT2D eigenvalue weighted by Gasteiger charge is -2.34. The van der Waals surface area contributed by atoms with Crippen LogP contribution in [0.15, 0.2) is 18.2 Å². The predicted molar refractivity (Wildman–Crippen MR) is 63.3 cm³/mol. The van der Waals surface area contributed by atoms with Gasteiger partial charge in [0.15, 0.2) is 0 Å². The highest BCUT2D eigenvalue weighted by Gasteiger charge is 2.29. The van der Waals surface area contributed by atoms with Crippen molar-refractivity contribution in [1.29, 1.82) is 0 Å². The van der Waals surface area contributed by atoms with Crippen LogP contribution in [-0.2, 0) is 0 Å². The van der Waals surface area contributed by atoms with E-state index in [-0.39, 0.29) is 17.8 Å². The van der Waals surface area contributed by atoms with Gasteiger partial charge in [-0.2, -0.15) is 0 Å². The second kappa shape index (κ2) is 4.44. The van der Waals surface area contributed by atoms with Crippen LogP contribution >= 0.6 is 0 Å². The Hall–Kier alpha value is -1.05. The molecule has 1 nitrogen and oxygen atoms in total. The van der Waals surface area contributed by atoms with Crippen LogP contribution in [0.3, 0.4) is 0 Å². The van der Waals surface area contributed by atoms with Gasteiger partial charge in [0.1, 0.15) is 17.7 Å². The maximum Gasteiger partial charge on any atom is 0.130 e. The summed E-state index contributed by atoms with van der Waals surface area (Å²) < 4.78 is 19.6. The lowest BCUT2D eigenvalue weighted by atomic mass is 9.83. The van der Waals surface area contributed by atoms with Crippen molar-refractivity contribution in [3.63, 3.8) is 0 Å². The average molecular weight is 222 g/mol. The third kappa shape index (κ3) is 2.06. The summed E-state index contributed by atoms with van der Waals surface area (Å²) in [7, 11) is 0. The highest BCUT2D eigenvalue weighted by molar-refractivity contribution is 5.37. The molecule has 2 heteroatoms. The molecule has 0 unspecified atom stereocenters. The van der Waals surface area contributed by atoms with Crippen LogP contribution in [0.4, 0.5) is 4.39 Å². The van der Waals surface area contributed by atoms with Crippen LogP contribution in [0.2, 0.25) is 0 Å². The molecule has 1 fully saturated rings. The van der Waals surface area contributed by atoms with Crippen molar-refractivity contribution in [2.24, 2.45) is 5.92 Å². The van der Waals surface area contributed by atoms with E-state index in [1.807, 2.05) is 19.9 Å². The Kier molecular flexibility index (Phi) is 3.17. The maximum atomic E-state index is 13.7. The van der Waals surface area contributed by atoms with Gasteiger partial charge in [-0.25, -0.2) is 4.39 Å². The van der Waals surface area contributed by atoms with E-state index in [0.717, 1.165) is 12.2 Å². The highest BCUT2D eigenvalue weighted by atomic mass is 19.1. The SMILES string of the molecule is CC(C)c1c(F)cccc1O[C@@H]1CC[C@H]1C. The van der Waals surface area contributed by atoms with Crippen LogP contribution in [0.5, 0.6) is 5.75 Å². The Balaban J connectivity index is 2.22. The van der Waals surface area contributed by atoms with E-state index < -0.39 is 0 Å². The topological polar surface area (TPSA) is 9.23 Å². The Morgan fingerprint density at radius 3 is 2.56 bits per heavy atom. The fraction of sp³-hybridized carbons (Fsp3) is 0.571. The quantitative estimate of drug-likeness (QED) is 0.747. The number of hydrogen-bond acceptors (Lipinski definition) is 1. The van der Waals surface area contributed by atoms with E-state index in [9.17, 15) is 4.39 Å². The zero-order valence-corrected chi connectivity index (χ0v) is 10.2. The van der Waals surface area contributed by atoms with Gasteiger partial charge in [-0.1, -0.05) is 26.8 Å². The molecule has 1 aromatic carbocycles. The molecule has 0 heterocycles. The van der Waals surface area contributed by atoms with E-state index >= 15 is 0 Å². The molecule has 0 amide bonds. The molecule has 0 bridgehead atoms. The monoisotopic (exact) mass is 222 g/mol. The van der Waals surface area contributed by atoms with Crippen LogP contribution in [0.1, 0.15) is 45.1 Å². The number of benzene rings is 1. The van der Waals surface area contributed by atoms with Crippen LogP contribution in [0.25, 0.3) is 0 Å². The van der Waals surface area contributed by atoms with Crippen LogP contribution in [-0.4, -0.2) is 6.10 Å². The third-order valence-electron chi connectivity index (χ3n) is 3.41. The molecule has 0 saturated heterocycles. The van der Waals surface area contributed by atoms with Crippen molar-refractivity contribution in [2.45, 2.75) is 45.6 Å². The second-order valence-electron chi connectivity index (χ2n) is 5.02. The molecule has 0 N–H and O–H groups in total. The largest absolute Gasteiger partial charge is 0.490 e. The van der Waals surface area contributed by atoms with Gasteiger partial charge in [0.05, 0.1) is 0 Å². The summed E-state index contributed by atoms with van der Waals surface area (Å²) in [6.07, 6.45) is 2.59. The average Bonchev–Trinajstić information content (AvgIpc) is 2.23. The summed E-state index contributed by atoms with van der Waals surface area (Å²) in [4.78, 5) is 0. The minimum absolute atomic E-state index is 0.153. The van der Waals surface area contributed by atoms with E-state index in [4.69, 9.17) is 4.74 Å². The van der Waals surface area contributed by atoms with E-state index in [1.165, 1.54) is 12.5 Å². The molecule has 2 atom stereocenters. The normalized spacial score (nSPS) is 24.3. The molecule has 0 aliphatic heterocycles. The number of rotatable bonds is 3. The zero-order chi connectivity index (χ0) is 11.7. The third-order valence-corrected chi connectivity index (χ3v) is 3.41. The lowest BCUT2D eigenvalue weighted by molar-refractivity contribution is 0.0562. The summed E-state index contributed by atoms with van der Waals surface area (Å²) >= 11 is 0. The van der Waals surface area contributed by atoms with Gasteiger partial charge in [0, 0.05) is 5.56 Å². The van der Waals surface area contributed by atoms with Crippen LogP contribution in [0, 0.1) is 11.7 Å². The Labute approximate surface area is 96.6 Å². The highest BCUT2D eigenvalue weighted by Crippen LogP contribution is 2.35. The summed E-state index contributed by atoms with van der Waals surface area (Å²) in [6.45, 7) is 6.17.